The molecule has 0 saturated carbocycles. The Hall–Kier alpha value is -1.83. The van der Waals surface area contributed by atoms with Crippen molar-refractivity contribution >= 4 is 16.5 Å². The van der Waals surface area contributed by atoms with Crippen LogP contribution in [0.25, 0.3) is 11.5 Å². The molecule has 3 heterocycles. The SMILES string of the molecule is C[C@@H]1N=NCCn2c(-c3csc(N(C)C)n3)nnc21. The van der Waals surface area contributed by atoms with Crippen LogP contribution in [0, 0.1) is 0 Å². The van der Waals surface area contributed by atoms with E-state index in [0.29, 0.717) is 6.54 Å². The molecule has 1 aliphatic heterocycles. The average Bonchev–Trinajstić information content (AvgIpc) is 2.97. The predicted molar refractivity (Wildman–Crippen MR) is 73.6 cm³/mol. The molecule has 7 nitrogen and oxygen atoms in total. The Morgan fingerprint density at radius 2 is 2.21 bits per heavy atom. The van der Waals surface area contributed by atoms with Gasteiger partial charge < -0.3 is 9.47 Å². The zero-order chi connectivity index (χ0) is 13.4. The quantitative estimate of drug-likeness (QED) is 0.841. The van der Waals surface area contributed by atoms with Crippen LogP contribution in [0.1, 0.15) is 18.8 Å². The molecule has 0 N–H and O–H groups in total. The van der Waals surface area contributed by atoms with Gasteiger partial charge in [0, 0.05) is 26.0 Å². The van der Waals surface area contributed by atoms with Crippen LogP contribution in [0.15, 0.2) is 15.6 Å². The summed E-state index contributed by atoms with van der Waals surface area (Å²) in [5.41, 5.74) is 0.863. The molecule has 0 fully saturated rings. The molecule has 0 amide bonds. The highest BCUT2D eigenvalue weighted by atomic mass is 32.1. The highest BCUT2D eigenvalue weighted by Gasteiger charge is 2.21. The predicted octanol–water partition coefficient (Wildman–Crippen LogP) is 1.99. The second-order valence-electron chi connectivity index (χ2n) is 4.60. The third-order valence-corrected chi connectivity index (χ3v) is 3.94. The topological polar surface area (TPSA) is 71.6 Å². The number of azo groups is 1. The lowest BCUT2D eigenvalue weighted by Crippen LogP contribution is -2.09. The molecule has 3 rings (SSSR count). The fourth-order valence-electron chi connectivity index (χ4n) is 1.98. The van der Waals surface area contributed by atoms with E-state index in [1.165, 1.54) is 0 Å². The van der Waals surface area contributed by atoms with Crippen LogP contribution in [-0.2, 0) is 6.54 Å². The van der Waals surface area contributed by atoms with Gasteiger partial charge in [-0.15, -0.1) is 21.5 Å². The minimum Gasteiger partial charge on any atom is -0.354 e. The largest absolute Gasteiger partial charge is 0.354 e. The zero-order valence-corrected chi connectivity index (χ0v) is 11.9. The van der Waals surface area contributed by atoms with E-state index in [-0.39, 0.29) is 6.04 Å². The van der Waals surface area contributed by atoms with E-state index >= 15 is 0 Å². The van der Waals surface area contributed by atoms with Crippen molar-refractivity contribution in [2.45, 2.75) is 19.5 Å². The first-order chi connectivity index (χ1) is 9.16. The Morgan fingerprint density at radius 3 is 2.95 bits per heavy atom. The second kappa shape index (κ2) is 4.69. The number of thiazole rings is 1. The third-order valence-electron chi connectivity index (χ3n) is 2.94. The van der Waals surface area contributed by atoms with Crippen LogP contribution in [-0.4, -0.2) is 40.4 Å². The first kappa shape index (κ1) is 12.2. The Kier molecular flexibility index (Phi) is 3.02. The van der Waals surface area contributed by atoms with Gasteiger partial charge in [0.2, 0.25) is 0 Å². The van der Waals surface area contributed by atoms with Crippen molar-refractivity contribution in [1.82, 2.24) is 19.7 Å². The van der Waals surface area contributed by atoms with Crippen molar-refractivity contribution in [2.24, 2.45) is 10.2 Å². The van der Waals surface area contributed by atoms with Gasteiger partial charge in [-0.3, -0.25) is 0 Å². The molecule has 8 heteroatoms. The summed E-state index contributed by atoms with van der Waals surface area (Å²) in [6, 6.07) is -0.0456. The lowest BCUT2D eigenvalue weighted by atomic mass is 10.3. The highest BCUT2D eigenvalue weighted by Crippen LogP contribution is 2.28. The van der Waals surface area contributed by atoms with Crippen LogP contribution in [0.5, 0.6) is 0 Å². The van der Waals surface area contributed by atoms with Gasteiger partial charge in [0.05, 0.1) is 6.54 Å². The van der Waals surface area contributed by atoms with Crippen LogP contribution in [0.2, 0.25) is 0 Å². The van der Waals surface area contributed by atoms with Crippen molar-refractivity contribution in [3.63, 3.8) is 0 Å². The van der Waals surface area contributed by atoms with Crippen molar-refractivity contribution < 1.29 is 0 Å². The first-order valence-corrected chi connectivity index (χ1v) is 6.97. The molecular weight excluding hydrogens is 262 g/mol. The van der Waals surface area contributed by atoms with Gasteiger partial charge in [0.25, 0.3) is 0 Å². The molecule has 1 atom stereocenters. The van der Waals surface area contributed by atoms with Gasteiger partial charge >= 0.3 is 0 Å². The van der Waals surface area contributed by atoms with E-state index in [4.69, 9.17) is 0 Å². The molecule has 2 aromatic heterocycles. The zero-order valence-electron chi connectivity index (χ0n) is 11.1. The summed E-state index contributed by atoms with van der Waals surface area (Å²) in [4.78, 5) is 6.56. The molecule has 2 aromatic rings. The lowest BCUT2D eigenvalue weighted by molar-refractivity contribution is 0.661. The fourth-order valence-corrected chi connectivity index (χ4v) is 2.72. The molecule has 0 bridgehead atoms. The molecule has 0 spiro atoms. The summed E-state index contributed by atoms with van der Waals surface area (Å²) in [5, 5.41) is 19.8. The smallest absolute Gasteiger partial charge is 0.185 e. The maximum Gasteiger partial charge on any atom is 0.185 e. The van der Waals surface area contributed by atoms with E-state index < -0.39 is 0 Å². The van der Waals surface area contributed by atoms with Gasteiger partial charge in [-0.05, 0) is 6.92 Å². The summed E-state index contributed by atoms with van der Waals surface area (Å²) >= 11 is 1.60. The number of anilines is 1. The molecular formula is C11H15N7S. The maximum atomic E-state index is 4.58. The van der Waals surface area contributed by atoms with E-state index in [0.717, 1.165) is 29.0 Å². The van der Waals surface area contributed by atoms with Crippen molar-refractivity contribution in [3.8, 4) is 11.5 Å². The summed E-state index contributed by atoms with van der Waals surface area (Å²) < 4.78 is 2.07. The summed E-state index contributed by atoms with van der Waals surface area (Å²) in [6.45, 7) is 3.39. The Labute approximate surface area is 115 Å². The summed E-state index contributed by atoms with van der Waals surface area (Å²) in [6.07, 6.45) is 0. The number of hydrogen-bond donors (Lipinski definition) is 0. The highest BCUT2D eigenvalue weighted by molar-refractivity contribution is 7.14. The number of rotatable bonds is 2. The van der Waals surface area contributed by atoms with Crippen molar-refractivity contribution in [2.75, 3.05) is 25.5 Å². The fraction of sp³-hybridized carbons (Fsp3) is 0.545. The van der Waals surface area contributed by atoms with Crippen LogP contribution in [0.4, 0.5) is 5.13 Å². The van der Waals surface area contributed by atoms with Crippen molar-refractivity contribution in [1.29, 1.82) is 0 Å². The third kappa shape index (κ3) is 2.12. The first-order valence-electron chi connectivity index (χ1n) is 6.09. The number of fused-ring (bicyclic) bond motifs is 1. The number of nitrogens with zero attached hydrogens (tertiary/aromatic N) is 7. The van der Waals surface area contributed by atoms with E-state index in [2.05, 4.69) is 30.0 Å². The second-order valence-corrected chi connectivity index (χ2v) is 5.44. The molecule has 0 radical (unpaired) electrons. The molecule has 0 unspecified atom stereocenters. The molecule has 1 aliphatic rings. The van der Waals surface area contributed by atoms with E-state index in [1.807, 2.05) is 31.3 Å². The summed E-state index contributed by atoms with van der Waals surface area (Å²) in [5.74, 6) is 1.66. The van der Waals surface area contributed by atoms with Crippen molar-refractivity contribution in [3.05, 3.63) is 11.2 Å². The molecule has 0 aliphatic carbocycles. The average molecular weight is 277 g/mol. The van der Waals surface area contributed by atoms with Gasteiger partial charge in [-0.2, -0.15) is 10.2 Å². The van der Waals surface area contributed by atoms with Gasteiger partial charge in [0.15, 0.2) is 16.8 Å². The number of aromatic nitrogens is 4. The Morgan fingerprint density at radius 1 is 1.37 bits per heavy atom. The van der Waals surface area contributed by atoms with Crippen LogP contribution in [0.3, 0.4) is 0 Å². The maximum absolute atomic E-state index is 4.58. The molecule has 0 saturated heterocycles. The monoisotopic (exact) mass is 277 g/mol. The van der Waals surface area contributed by atoms with E-state index in [1.54, 1.807) is 11.3 Å². The van der Waals surface area contributed by atoms with Gasteiger partial charge in [-0.25, -0.2) is 4.98 Å². The normalized spacial score (nSPS) is 18.2. The Bertz CT molecular complexity index is 612. The van der Waals surface area contributed by atoms with Gasteiger partial charge in [0.1, 0.15) is 11.7 Å². The standard InChI is InChI=1S/C11H15N7S/c1-7-9-15-16-10(18(9)5-4-12-14-7)8-6-19-11(13-8)17(2)3/h6-7H,4-5H2,1-3H3/t7-/m0/s1. The summed E-state index contributed by atoms with van der Waals surface area (Å²) in [7, 11) is 3.96. The van der Waals surface area contributed by atoms with Crippen LogP contribution < -0.4 is 4.90 Å². The lowest BCUT2D eigenvalue weighted by Gasteiger charge is -2.07. The Balaban J connectivity index is 2.02. The number of hydrogen-bond acceptors (Lipinski definition) is 7. The molecule has 0 aromatic carbocycles. The van der Waals surface area contributed by atoms with Gasteiger partial charge in [-0.1, -0.05) is 0 Å². The minimum absolute atomic E-state index is 0.0456. The van der Waals surface area contributed by atoms with Crippen LogP contribution >= 0.6 is 11.3 Å². The molecule has 100 valence electrons. The minimum atomic E-state index is -0.0456. The van der Waals surface area contributed by atoms with E-state index in [9.17, 15) is 0 Å². The molecule has 19 heavy (non-hydrogen) atoms.